The number of nitrogens with one attached hydrogen (secondary N) is 1. The van der Waals surface area contributed by atoms with Gasteiger partial charge in [-0.1, -0.05) is 23.7 Å². The van der Waals surface area contributed by atoms with Crippen LogP contribution in [0.2, 0.25) is 5.02 Å². The molecule has 0 spiro atoms. The van der Waals surface area contributed by atoms with Crippen LogP contribution >= 0.6 is 22.9 Å². The number of alkyl halides is 3. The van der Waals surface area contributed by atoms with E-state index in [-0.39, 0.29) is 27.6 Å². The summed E-state index contributed by atoms with van der Waals surface area (Å²) in [6.07, 6.45) is -4.34. The molecule has 1 heterocycles. The van der Waals surface area contributed by atoms with Crippen LogP contribution in [0.1, 0.15) is 16.1 Å². The third-order valence-electron chi connectivity index (χ3n) is 4.00. The summed E-state index contributed by atoms with van der Waals surface area (Å²) in [4.78, 5) is 26.4. The minimum Gasteiger partial charge on any atom is -0.355 e. The van der Waals surface area contributed by atoms with Crippen LogP contribution in [0.4, 0.5) is 18.9 Å². The van der Waals surface area contributed by atoms with Crippen molar-refractivity contribution in [3.63, 3.8) is 0 Å². The number of thiazole rings is 1. The zero-order valence-corrected chi connectivity index (χ0v) is 16.2. The third-order valence-corrected chi connectivity index (χ3v) is 5.35. The molecule has 0 fully saturated rings. The Labute approximate surface area is 171 Å². The van der Waals surface area contributed by atoms with Gasteiger partial charge in [0.2, 0.25) is 5.91 Å². The van der Waals surface area contributed by atoms with Gasteiger partial charge < -0.3 is 5.32 Å². The van der Waals surface area contributed by atoms with E-state index in [0.29, 0.717) is 24.1 Å². The highest BCUT2D eigenvalue weighted by atomic mass is 35.5. The van der Waals surface area contributed by atoms with E-state index in [1.54, 1.807) is 12.1 Å². The number of hydrogen-bond acceptors (Lipinski definition) is 5. The largest absolute Gasteiger partial charge is 0.416 e. The molecule has 1 aromatic heterocycles. The lowest BCUT2D eigenvalue weighted by molar-refractivity contribution is -0.383. The predicted octanol–water partition coefficient (Wildman–Crippen LogP) is 4.78. The standard InChI is InChI=1S/C18H13ClF3N3O3S/c19-12-3-1-10(2-4-12)5-6-23-15(26)9-16-24-13-7-11(18(20,21)22)8-14(25(27)28)17(13)29-16/h1-4,7-8H,5-6,9H2,(H,23,26). The van der Waals surface area contributed by atoms with Crippen LogP contribution in [-0.4, -0.2) is 22.4 Å². The van der Waals surface area contributed by atoms with E-state index in [9.17, 15) is 28.1 Å². The van der Waals surface area contributed by atoms with Crippen LogP contribution in [0.3, 0.4) is 0 Å². The number of aromatic nitrogens is 1. The molecular weight excluding hydrogens is 431 g/mol. The van der Waals surface area contributed by atoms with Crippen LogP contribution in [0.15, 0.2) is 36.4 Å². The minimum atomic E-state index is -4.73. The zero-order valence-electron chi connectivity index (χ0n) is 14.6. The van der Waals surface area contributed by atoms with E-state index in [1.165, 1.54) is 0 Å². The van der Waals surface area contributed by atoms with E-state index in [4.69, 9.17) is 11.6 Å². The number of nitro groups is 1. The summed E-state index contributed by atoms with van der Waals surface area (Å²) in [7, 11) is 0. The van der Waals surface area contributed by atoms with E-state index in [2.05, 4.69) is 10.3 Å². The van der Waals surface area contributed by atoms with Crippen molar-refractivity contribution in [1.29, 1.82) is 0 Å². The van der Waals surface area contributed by atoms with E-state index < -0.39 is 22.4 Å². The van der Waals surface area contributed by atoms with Crippen molar-refractivity contribution in [2.24, 2.45) is 0 Å². The highest BCUT2D eigenvalue weighted by Gasteiger charge is 2.34. The van der Waals surface area contributed by atoms with Crippen LogP contribution < -0.4 is 5.32 Å². The van der Waals surface area contributed by atoms with Gasteiger partial charge in [-0.3, -0.25) is 14.9 Å². The molecule has 0 aliphatic heterocycles. The number of benzene rings is 2. The molecule has 0 bridgehead atoms. The van der Waals surface area contributed by atoms with Crippen LogP contribution in [0, 0.1) is 10.1 Å². The van der Waals surface area contributed by atoms with Gasteiger partial charge in [-0.05, 0) is 30.2 Å². The van der Waals surface area contributed by atoms with Crippen LogP contribution in [-0.2, 0) is 23.8 Å². The summed E-state index contributed by atoms with van der Waals surface area (Å²) in [6, 6.07) is 8.37. The van der Waals surface area contributed by atoms with E-state index >= 15 is 0 Å². The molecule has 0 unspecified atom stereocenters. The number of carbonyl (C=O) groups excluding carboxylic acids is 1. The maximum Gasteiger partial charge on any atom is 0.416 e. The first-order chi connectivity index (χ1) is 13.6. The molecule has 0 saturated carbocycles. The van der Waals surface area contributed by atoms with Gasteiger partial charge in [0.05, 0.1) is 22.4 Å². The van der Waals surface area contributed by atoms with Crippen molar-refractivity contribution < 1.29 is 22.9 Å². The second kappa shape index (κ2) is 8.34. The molecule has 0 radical (unpaired) electrons. The van der Waals surface area contributed by atoms with E-state index in [0.717, 1.165) is 23.0 Å². The number of non-ortho nitro benzene ring substituents is 1. The van der Waals surface area contributed by atoms with Crippen molar-refractivity contribution in [2.45, 2.75) is 19.0 Å². The van der Waals surface area contributed by atoms with Gasteiger partial charge in [0, 0.05) is 17.6 Å². The van der Waals surface area contributed by atoms with Crippen molar-refractivity contribution >= 4 is 44.7 Å². The molecule has 3 rings (SSSR count). The Morgan fingerprint density at radius 2 is 1.93 bits per heavy atom. The average molecular weight is 444 g/mol. The molecule has 1 N–H and O–H groups in total. The minimum absolute atomic E-state index is 0.00645. The zero-order chi connectivity index (χ0) is 21.2. The lowest BCUT2D eigenvalue weighted by Crippen LogP contribution is -2.27. The Morgan fingerprint density at radius 3 is 2.55 bits per heavy atom. The second-order valence-corrected chi connectivity index (χ2v) is 7.63. The summed E-state index contributed by atoms with van der Waals surface area (Å²) >= 11 is 6.64. The topological polar surface area (TPSA) is 85.1 Å². The monoisotopic (exact) mass is 443 g/mol. The molecule has 0 saturated heterocycles. The van der Waals surface area contributed by atoms with Gasteiger partial charge in [-0.15, -0.1) is 11.3 Å². The molecule has 2 aromatic carbocycles. The first-order valence-corrected chi connectivity index (χ1v) is 9.49. The first-order valence-electron chi connectivity index (χ1n) is 8.29. The van der Waals surface area contributed by atoms with Crippen molar-refractivity contribution in [1.82, 2.24) is 10.3 Å². The molecule has 3 aromatic rings. The van der Waals surface area contributed by atoms with Gasteiger partial charge in [-0.25, -0.2) is 4.98 Å². The number of amides is 1. The number of rotatable bonds is 6. The molecule has 0 aliphatic rings. The Kier molecular flexibility index (Phi) is 6.04. The smallest absolute Gasteiger partial charge is 0.355 e. The Hall–Kier alpha value is -2.72. The van der Waals surface area contributed by atoms with Crippen molar-refractivity contribution in [3.8, 4) is 0 Å². The van der Waals surface area contributed by atoms with Gasteiger partial charge in [-0.2, -0.15) is 13.2 Å². The number of fused-ring (bicyclic) bond motifs is 1. The summed E-state index contributed by atoms with van der Waals surface area (Å²) in [5, 5.41) is 14.7. The van der Waals surface area contributed by atoms with Gasteiger partial charge in [0.25, 0.3) is 5.69 Å². The Morgan fingerprint density at radius 1 is 1.24 bits per heavy atom. The summed E-state index contributed by atoms with van der Waals surface area (Å²) in [6.45, 7) is 0.351. The average Bonchev–Trinajstić information content (AvgIpc) is 3.03. The van der Waals surface area contributed by atoms with Crippen molar-refractivity contribution in [2.75, 3.05) is 6.54 Å². The fraction of sp³-hybridized carbons (Fsp3) is 0.222. The van der Waals surface area contributed by atoms with Crippen molar-refractivity contribution in [3.05, 3.63) is 67.7 Å². The van der Waals surface area contributed by atoms with Gasteiger partial charge in [0.15, 0.2) is 0 Å². The second-order valence-electron chi connectivity index (χ2n) is 6.11. The number of carbonyl (C=O) groups is 1. The lowest BCUT2D eigenvalue weighted by atomic mass is 10.1. The molecule has 0 aliphatic carbocycles. The normalized spacial score (nSPS) is 11.6. The quantitative estimate of drug-likeness (QED) is 0.439. The van der Waals surface area contributed by atoms with Gasteiger partial charge in [0.1, 0.15) is 9.71 Å². The molecular formula is C18H13ClF3N3O3S. The highest BCUT2D eigenvalue weighted by Crippen LogP contribution is 2.38. The molecule has 1 amide bonds. The Bertz CT molecular complexity index is 1070. The summed E-state index contributed by atoms with van der Waals surface area (Å²) in [5.74, 6) is -0.378. The fourth-order valence-electron chi connectivity index (χ4n) is 2.63. The maximum absolute atomic E-state index is 13.0. The Balaban J connectivity index is 1.71. The lowest BCUT2D eigenvalue weighted by Gasteiger charge is -2.05. The third kappa shape index (κ3) is 5.21. The SMILES string of the molecule is O=C(Cc1nc2cc(C(F)(F)F)cc([N+](=O)[O-])c2s1)NCCc1ccc(Cl)cc1. The van der Waals surface area contributed by atoms with Gasteiger partial charge >= 0.3 is 6.18 Å². The number of nitro benzene ring substituents is 1. The highest BCUT2D eigenvalue weighted by molar-refractivity contribution is 7.19. The predicted molar refractivity (Wildman–Crippen MR) is 103 cm³/mol. The first kappa shape index (κ1) is 21.0. The molecule has 29 heavy (non-hydrogen) atoms. The molecule has 152 valence electrons. The molecule has 6 nitrogen and oxygen atoms in total. The van der Waals surface area contributed by atoms with E-state index in [1.807, 2.05) is 12.1 Å². The number of nitrogens with zero attached hydrogens (tertiary/aromatic N) is 2. The van der Waals surface area contributed by atoms with Crippen LogP contribution in [0.25, 0.3) is 10.2 Å². The van der Waals surface area contributed by atoms with Crippen LogP contribution in [0.5, 0.6) is 0 Å². The summed E-state index contributed by atoms with van der Waals surface area (Å²) < 4.78 is 38.9. The maximum atomic E-state index is 13.0. The summed E-state index contributed by atoms with van der Waals surface area (Å²) in [5.41, 5.74) is -1.01. The molecule has 0 atom stereocenters. The number of hydrogen-bond donors (Lipinski definition) is 1. The fourth-order valence-corrected chi connectivity index (χ4v) is 3.79. The molecule has 11 heteroatoms. The number of halogens is 4.